The molecule has 15 heavy (non-hydrogen) atoms. The molecule has 0 saturated carbocycles. The lowest BCUT2D eigenvalue weighted by Gasteiger charge is -2.03. The predicted molar refractivity (Wildman–Crippen MR) is 54.5 cm³/mol. The van der Waals surface area contributed by atoms with Crippen LogP contribution in [0.25, 0.3) is 10.4 Å². The molecule has 0 aliphatic heterocycles. The second-order valence-electron chi connectivity index (χ2n) is 2.69. The van der Waals surface area contributed by atoms with E-state index in [9.17, 15) is 4.79 Å². The van der Waals surface area contributed by atoms with Crippen molar-refractivity contribution in [3.05, 3.63) is 40.3 Å². The third kappa shape index (κ3) is 3.58. The molecule has 1 aromatic rings. The Morgan fingerprint density at radius 3 is 2.67 bits per heavy atom. The Kier molecular flexibility index (Phi) is 4.00. The van der Waals surface area contributed by atoms with Gasteiger partial charge in [-0.2, -0.15) is 0 Å². The molecule has 0 fully saturated rings. The molecular formula is C9H10N4O2. The average molecular weight is 206 g/mol. The quantitative estimate of drug-likeness (QED) is 0.341. The van der Waals surface area contributed by atoms with Gasteiger partial charge in [0.2, 0.25) is 5.91 Å². The van der Waals surface area contributed by atoms with Gasteiger partial charge in [0.15, 0.2) is 0 Å². The second kappa shape index (κ2) is 5.51. The first-order valence-corrected chi connectivity index (χ1v) is 4.27. The maximum Gasteiger partial charge on any atom is 0.248 e. The van der Waals surface area contributed by atoms with Gasteiger partial charge in [0.1, 0.15) is 5.75 Å². The number of nitrogens with two attached hydrogens (primary N) is 1. The normalized spacial score (nSPS) is 9.07. The number of benzene rings is 1. The first-order valence-electron chi connectivity index (χ1n) is 4.27. The summed E-state index contributed by atoms with van der Waals surface area (Å²) in [7, 11) is 0. The number of ether oxygens (including phenoxy) is 1. The van der Waals surface area contributed by atoms with E-state index in [-0.39, 0.29) is 6.54 Å². The van der Waals surface area contributed by atoms with E-state index in [1.807, 2.05) is 0 Å². The van der Waals surface area contributed by atoms with Crippen molar-refractivity contribution in [3.8, 4) is 5.75 Å². The van der Waals surface area contributed by atoms with Crippen molar-refractivity contribution in [2.45, 2.75) is 0 Å². The Hall–Kier alpha value is -2.20. The van der Waals surface area contributed by atoms with Gasteiger partial charge >= 0.3 is 0 Å². The summed E-state index contributed by atoms with van der Waals surface area (Å²) >= 11 is 0. The zero-order valence-corrected chi connectivity index (χ0v) is 7.96. The standard InChI is InChI=1S/C9H10N4O2/c10-9(14)7-1-3-8(4-2-7)15-6-5-12-13-11/h1-4H,5-6H2,(H2,10,14). The minimum Gasteiger partial charge on any atom is -0.493 e. The molecule has 0 saturated heterocycles. The van der Waals surface area contributed by atoms with Gasteiger partial charge in [-0.15, -0.1) is 0 Å². The third-order valence-electron chi connectivity index (χ3n) is 1.66. The summed E-state index contributed by atoms with van der Waals surface area (Å²) in [6.45, 7) is 0.577. The summed E-state index contributed by atoms with van der Waals surface area (Å²) < 4.78 is 5.23. The van der Waals surface area contributed by atoms with Crippen LogP contribution < -0.4 is 10.5 Å². The van der Waals surface area contributed by atoms with Crippen LogP contribution >= 0.6 is 0 Å². The van der Waals surface area contributed by atoms with Crippen molar-refractivity contribution in [3.63, 3.8) is 0 Å². The first kappa shape index (κ1) is 10.9. The zero-order chi connectivity index (χ0) is 11.1. The van der Waals surface area contributed by atoms with Crippen LogP contribution in [-0.2, 0) is 0 Å². The van der Waals surface area contributed by atoms with E-state index >= 15 is 0 Å². The molecule has 0 atom stereocenters. The summed E-state index contributed by atoms with van der Waals surface area (Å²) in [5, 5.41) is 3.31. The molecule has 6 heteroatoms. The van der Waals surface area contributed by atoms with Crippen LogP contribution in [-0.4, -0.2) is 19.1 Å². The van der Waals surface area contributed by atoms with Crippen LogP contribution in [0.4, 0.5) is 0 Å². The van der Waals surface area contributed by atoms with Gasteiger partial charge in [0.25, 0.3) is 0 Å². The Bertz CT molecular complexity index is 382. The summed E-state index contributed by atoms with van der Waals surface area (Å²) in [4.78, 5) is 13.3. The predicted octanol–water partition coefficient (Wildman–Crippen LogP) is 1.47. The lowest BCUT2D eigenvalue weighted by molar-refractivity contribution is 0.100. The number of rotatable bonds is 5. The van der Waals surface area contributed by atoms with Gasteiger partial charge in [-0.25, -0.2) is 0 Å². The van der Waals surface area contributed by atoms with Crippen molar-refractivity contribution < 1.29 is 9.53 Å². The molecule has 2 N–H and O–H groups in total. The number of amides is 1. The number of carbonyl (C=O) groups excluding carboxylic acids is 1. The number of hydrogen-bond donors (Lipinski definition) is 1. The van der Waals surface area contributed by atoms with Crippen molar-refractivity contribution in [2.24, 2.45) is 10.8 Å². The minimum absolute atomic E-state index is 0.272. The van der Waals surface area contributed by atoms with Gasteiger partial charge in [-0.05, 0) is 29.8 Å². The summed E-state index contributed by atoms with van der Waals surface area (Å²) in [6.07, 6.45) is 0. The van der Waals surface area contributed by atoms with E-state index in [1.54, 1.807) is 24.3 Å². The lowest BCUT2D eigenvalue weighted by atomic mass is 10.2. The number of azide groups is 1. The molecule has 0 unspecified atom stereocenters. The van der Waals surface area contributed by atoms with Crippen LogP contribution in [0.2, 0.25) is 0 Å². The third-order valence-corrected chi connectivity index (χ3v) is 1.66. The Labute approximate surface area is 86.3 Å². The highest BCUT2D eigenvalue weighted by molar-refractivity contribution is 5.92. The van der Waals surface area contributed by atoms with E-state index in [0.29, 0.717) is 17.9 Å². The molecule has 6 nitrogen and oxygen atoms in total. The molecule has 0 aliphatic carbocycles. The highest BCUT2D eigenvalue weighted by atomic mass is 16.5. The fraction of sp³-hybridized carbons (Fsp3) is 0.222. The highest BCUT2D eigenvalue weighted by Crippen LogP contribution is 2.11. The van der Waals surface area contributed by atoms with E-state index in [0.717, 1.165) is 0 Å². The molecule has 78 valence electrons. The molecule has 0 spiro atoms. The molecule has 0 aromatic heterocycles. The van der Waals surface area contributed by atoms with Crippen LogP contribution in [0, 0.1) is 0 Å². The fourth-order valence-corrected chi connectivity index (χ4v) is 0.964. The highest BCUT2D eigenvalue weighted by Gasteiger charge is 1.99. The van der Waals surface area contributed by atoms with E-state index in [2.05, 4.69) is 10.0 Å². The van der Waals surface area contributed by atoms with Crippen molar-refractivity contribution >= 4 is 5.91 Å². The largest absolute Gasteiger partial charge is 0.493 e. The summed E-state index contributed by atoms with van der Waals surface area (Å²) in [5.74, 6) is 0.128. The SMILES string of the molecule is [N-]=[N+]=NCCOc1ccc(C(N)=O)cc1. The zero-order valence-electron chi connectivity index (χ0n) is 7.96. The average Bonchev–Trinajstić information content (AvgIpc) is 2.25. The van der Waals surface area contributed by atoms with E-state index in [1.165, 1.54) is 0 Å². The number of primary amides is 1. The van der Waals surface area contributed by atoms with Crippen molar-refractivity contribution in [1.82, 2.24) is 0 Å². The number of carbonyl (C=O) groups is 1. The van der Waals surface area contributed by atoms with Gasteiger partial charge in [-0.3, -0.25) is 4.79 Å². The van der Waals surface area contributed by atoms with Gasteiger partial charge < -0.3 is 10.5 Å². The molecule has 0 bridgehead atoms. The molecule has 0 heterocycles. The van der Waals surface area contributed by atoms with Crippen LogP contribution in [0.5, 0.6) is 5.75 Å². The maximum absolute atomic E-state index is 10.7. The topological polar surface area (TPSA) is 101 Å². The molecular weight excluding hydrogens is 196 g/mol. The minimum atomic E-state index is -0.476. The maximum atomic E-state index is 10.7. The van der Waals surface area contributed by atoms with Crippen LogP contribution in [0.3, 0.4) is 0 Å². The fourth-order valence-electron chi connectivity index (χ4n) is 0.964. The van der Waals surface area contributed by atoms with E-state index < -0.39 is 5.91 Å². The second-order valence-corrected chi connectivity index (χ2v) is 2.69. The van der Waals surface area contributed by atoms with Crippen LogP contribution in [0.1, 0.15) is 10.4 Å². The van der Waals surface area contributed by atoms with Gasteiger partial charge in [0, 0.05) is 10.5 Å². The Balaban J connectivity index is 2.49. The Morgan fingerprint density at radius 1 is 1.47 bits per heavy atom. The first-order chi connectivity index (χ1) is 7.24. The molecule has 1 aromatic carbocycles. The monoisotopic (exact) mass is 206 g/mol. The van der Waals surface area contributed by atoms with Crippen molar-refractivity contribution in [2.75, 3.05) is 13.2 Å². The van der Waals surface area contributed by atoms with Gasteiger partial charge in [-0.1, -0.05) is 5.11 Å². The smallest absolute Gasteiger partial charge is 0.248 e. The molecule has 0 radical (unpaired) electrons. The summed E-state index contributed by atoms with van der Waals surface area (Å²) in [5.41, 5.74) is 13.5. The van der Waals surface area contributed by atoms with Crippen LogP contribution in [0.15, 0.2) is 29.4 Å². The number of hydrogen-bond acceptors (Lipinski definition) is 3. The molecule has 0 aliphatic rings. The molecule has 1 rings (SSSR count). The van der Waals surface area contributed by atoms with E-state index in [4.69, 9.17) is 16.0 Å². The molecule has 1 amide bonds. The van der Waals surface area contributed by atoms with Gasteiger partial charge in [0.05, 0.1) is 13.2 Å². The summed E-state index contributed by atoms with van der Waals surface area (Å²) in [6, 6.07) is 6.42. The van der Waals surface area contributed by atoms with Crippen molar-refractivity contribution in [1.29, 1.82) is 0 Å². The number of nitrogens with zero attached hydrogens (tertiary/aromatic N) is 3. The lowest BCUT2D eigenvalue weighted by Crippen LogP contribution is -2.10. The Morgan fingerprint density at radius 2 is 2.13 bits per heavy atom.